The second-order valence-electron chi connectivity index (χ2n) is 4.67. The van der Waals surface area contributed by atoms with Gasteiger partial charge in [-0.3, -0.25) is 4.79 Å². The van der Waals surface area contributed by atoms with Gasteiger partial charge in [0.2, 0.25) is 0 Å². The number of carbonyl (C=O) groups excluding carboxylic acids is 1. The molecule has 3 nitrogen and oxygen atoms in total. The monoisotopic (exact) mass is 254 g/mol. The maximum Gasteiger partial charge on any atom is 0.161 e. The molecular weight excluding hydrogens is 236 g/mol. The molecule has 19 heavy (non-hydrogen) atoms. The van der Waals surface area contributed by atoms with Gasteiger partial charge in [-0.15, -0.1) is 0 Å². The number of nitrogens with two attached hydrogens (primary N) is 1. The van der Waals surface area contributed by atoms with Crippen molar-refractivity contribution in [3.63, 3.8) is 0 Å². The number of hydrogen-bond donors (Lipinski definition) is 1. The molecule has 0 heterocycles. The van der Waals surface area contributed by atoms with Crippen LogP contribution in [0.2, 0.25) is 0 Å². The van der Waals surface area contributed by atoms with Crippen molar-refractivity contribution in [2.45, 2.75) is 13.5 Å². The van der Waals surface area contributed by atoms with E-state index in [-0.39, 0.29) is 5.78 Å². The van der Waals surface area contributed by atoms with E-state index in [4.69, 9.17) is 5.73 Å². The minimum atomic E-state index is -0.00485. The van der Waals surface area contributed by atoms with Crippen molar-refractivity contribution in [2.75, 3.05) is 17.7 Å². The fraction of sp³-hybridized carbons (Fsp3) is 0.188. The van der Waals surface area contributed by atoms with Gasteiger partial charge in [-0.2, -0.15) is 0 Å². The lowest BCUT2D eigenvalue weighted by atomic mass is 10.1. The summed E-state index contributed by atoms with van der Waals surface area (Å²) in [7, 11) is 2.01. The van der Waals surface area contributed by atoms with Crippen molar-refractivity contribution in [3.8, 4) is 0 Å². The molecule has 0 bridgehead atoms. The minimum Gasteiger partial charge on any atom is -0.398 e. The van der Waals surface area contributed by atoms with E-state index in [1.807, 2.05) is 37.4 Å². The molecule has 2 rings (SSSR count). The Morgan fingerprint density at radius 3 is 2.42 bits per heavy atom. The fourth-order valence-corrected chi connectivity index (χ4v) is 2.06. The maximum absolute atomic E-state index is 11.3. The quantitative estimate of drug-likeness (QED) is 0.673. The van der Waals surface area contributed by atoms with Gasteiger partial charge in [-0.05, 0) is 30.7 Å². The molecule has 2 N–H and O–H groups in total. The molecule has 0 aromatic heterocycles. The summed E-state index contributed by atoms with van der Waals surface area (Å²) in [5.41, 5.74) is 9.26. The van der Waals surface area contributed by atoms with Crippen molar-refractivity contribution < 1.29 is 4.79 Å². The number of Topliss-reactive ketones (excluding diaryl/α,β-unsaturated/α-hetero) is 1. The Balaban J connectivity index is 2.18. The van der Waals surface area contributed by atoms with Crippen molar-refractivity contribution in [2.24, 2.45) is 0 Å². The van der Waals surface area contributed by atoms with E-state index in [1.54, 1.807) is 6.07 Å². The lowest BCUT2D eigenvalue weighted by molar-refractivity contribution is 0.101. The van der Waals surface area contributed by atoms with Crippen LogP contribution in [0.1, 0.15) is 22.8 Å². The molecule has 98 valence electrons. The molecule has 0 spiro atoms. The lowest BCUT2D eigenvalue weighted by Gasteiger charge is -2.20. The average molecular weight is 254 g/mol. The van der Waals surface area contributed by atoms with Crippen molar-refractivity contribution >= 4 is 17.2 Å². The van der Waals surface area contributed by atoms with Gasteiger partial charge >= 0.3 is 0 Å². The summed E-state index contributed by atoms with van der Waals surface area (Å²) in [6, 6.07) is 15.8. The van der Waals surface area contributed by atoms with Gasteiger partial charge in [0.25, 0.3) is 0 Å². The average Bonchev–Trinajstić information content (AvgIpc) is 2.39. The third-order valence-electron chi connectivity index (χ3n) is 3.12. The van der Waals surface area contributed by atoms with Gasteiger partial charge < -0.3 is 10.6 Å². The van der Waals surface area contributed by atoms with Crippen LogP contribution in [0.15, 0.2) is 48.5 Å². The summed E-state index contributed by atoms with van der Waals surface area (Å²) in [6.07, 6.45) is 0. The molecule has 0 amide bonds. The van der Waals surface area contributed by atoms with Crippen molar-refractivity contribution in [1.82, 2.24) is 0 Å². The van der Waals surface area contributed by atoms with E-state index in [1.165, 1.54) is 12.5 Å². The van der Waals surface area contributed by atoms with E-state index in [0.29, 0.717) is 11.3 Å². The SMILES string of the molecule is CC(=O)c1ccc(N(C)Cc2ccccc2)cc1N. The number of ketones is 1. The Hall–Kier alpha value is -2.29. The number of rotatable bonds is 4. The van der Waals surface area contributed by atoms with Gasteiger partial charge in [0, 0.05) is 30.5 Å². The lowest BCUT2D eigenvalue weighted by Crippen LogP contribution is -2.16. The zero-order valence-electron chi connectivity index (χ0n) is 11.3. The second kappa shape index (κ2) is 5.57. The van der Waals surface area contributed by atoms with Gasteiger partial charge in [-0.1, -0.05) is 30.3 Å². The van der Waals surface area contributed by atoms with Gasteiger partial charge in [-0.25, -0.2) is 0 Å². The summed E-state index contributed by atoms with van der Waals surface area (Å²) < 4.78 is 0. The number of anilines is 2. The molecule has 0 fully saturated rings. The Morgan fingerprint density at radius 2 is 1.84 bits per heavy atom. The van der Waals surface area contributed by atoms with Gasteiger partial charge in [0.15, 0.2) is 5.78 Å². The van der Waals surface area contributed by atoms with E-state index in [2.05, 4.69) is 17.0 Å². The molecule has 2 aromatic rings. The molecule has 0 aliphatic rings. The number of carbonyl (C=O) groups is 1. The number of nitrogens with zero attached hydrogens (tertiary/aromatic N) is 1. The third kappa shape index (κ3) is 3.13. The first kappa shape index (κ1) is 13.1. The normalized spacial score (nSPS) is 10.2. The summed E-state index contributed by atoms with van der Waals surface area (Å²) in [5.74, 6) is -0.00485. The number of benzene rings is 2. The Labute approximate surface area is 113 Å². The summed E-state index contributed by atoms with van der Waals surface area (Å²) in [4.78, 5) is 13.5. The second-order valence-corrected chi connectivity index (χ2v) is 4.67. The van der Waals surface area contributed by atoms with Gasteiger partial charge in [0.05, 0.1) is 0 Å². The highest BCUT2D eigenvalue weighted by Gasteiger charge is 2.08. The van der Waals surface area contributed by atoms with E-state index in [0.717, 1.165) is 12.2 Å². The summed E-state index contributed by atoms with van der Waals surface area (Å²) in [5, 5.41) is 0. The Bertz CT molecular complexity index is 579. The first-order valence-corrected chi connectivity index (χ1v) is 6.23. The van der Waals surface area contributed by atoms with Crippen molar-refractivity contribution in [1.29, 1.82) is 0 Å². The molecule has 0 aliphatic heterocycles. The highest BCUT2D eigenvalue weighted by molar-refractivity contribution is 5.99. The standard InChI is InChI=1S/C16H18N2O/c1-12(19)15-9-8-14(10-16(15)17)18(2)11-13-6-4-3-5-7-13/h3-10H,11,17H2,1-2H3. The fourth-order valence-electron chi connectivity index (χ4n) is 2.06. The minimum absolute atomic E-state index is 0.00485. The first-order valence-electron chi connectivity index (χ1n) is 6.23. The number of nitrogen functional groups attached to an aromatic ring is 1. The van der Waals surface area contributed by atoms with Crippen LogP contribution < -0.4 is 10.6 Å². The smallest absolute Gasteiger partial charge is 0.161 e. The van der Waals surface area contributed by atoms with E-state index < -0.39 is 0 Å². The third-order valence-corrected chi connectivity index (χ3v) is 3.12. The van der Waals surface area contributed by atoms with Crippen LogP contribution >= 0.6 is 0 Å². The molecule has 0 aliphatic carbocycles. The largest absolute Gasteiger partial charge is 0.398 e. The van der Waals surface area contributed by atoms with Crippen LogP contribution in [-0.4, -0.2) is 12.8 Å². The van der Waals surface area contributed by atoms with Crippen LogP contribution in [0, 0.1) is 0 Å². The zero-order chi connectivity index (χ0) is 13.8. The molecule has 2 aromatic carbocycles. The predicted octanol–water partition coefficient (Wildman–Crippen LogP) is 3.11. The summed E-state index contributed by atoms with van der Waals surface area (Å²) >= 11 is 0. The number of hydrogen-bond acceptors (Lipinski definition) is 3. The molecule has 0 saturated heterocycles. The molecule has 3 heteroatoms. The Morgan fingerprint density at radius 1 is 1.16 bits per heavy atom. The zero-order valence-corrected chi connectivity index (χ0v) is 11.3. The van der Waals surface area contributed by atoms with Crippen LogP contribution in [0.25, 0.3) is 0 Å². The molecular formula is C16H18N2O. The van der Waals surface area contributed by atoms with Crippen LogP contribution in [0.3, 0.4) is 0 Å². The highest BCUT2D eigenvalue weighted by Crippen LogP contribution is 2.22. The van der Waals surface area contributed by atoms with Crippen molar-refractivity contribution in [3.05, 3.63) is 59.7 Å². The van der Waals surface area contributed by atoms with Gasteiger partial charge in [0.1, 0.15) is 0 Å². The van der Waals surface area contributed by atoms with Crippen LogP contribution in [0.4, 0.5) is 11.4 Å². The highest BCUT2D eigenvalue weighted by atomic mass is 16.1. The topological polar surface area (TPSA) is 46.3 Å². The first-order chi connectivity index (χ1) is 9.08. The molecule has 0 saturated carbocycles. The maximum atomic E-state index is 11.3. The molecule has 0 atom stereocenters. The van der Waals surface area contributed by atoms with Crippen LogP contribution in [0.5, 0.6) is 0 Å². The molecule has 0 unspecified atom stereocenters. The van der Waals surface area contributed by atoms with E-state index in [9.17, 15) is 4.79 Å². The van der Waals surface area contributed by atoms with E-state index >= 15 is 0 Å². The summed E-state index contributed by atoms with van der Waals surface area (Å²) in [6.45, 7) is 2.33. The molecule has 0 radical (unpaired) electrons. The Kier molecular flexibility index (Phi) is 3.85. The predicted molar refractivity (Wildman–Crippen MR) is 79.4 cm³/mol. The van der Waals surface area contributed by atoms with Crippen LogP contribution in [-0.2, 0) is 6.54 Å².